The van der Waals surface area contributed by atoms with E-state index in [1.165, 1.54) is 186 Å². The second kappa shape index (κ2) is 65.8. The van der Waals surface area contributed by atoms with Gasteiger partial charge in [-0.1, -0.05) is 317 Å². The third kappa shape index (κ3) is 63.2. The van der Waals surface area contributed by atoms with E-state index in [-0.39, 0.29) is 31.6 Å². The van der Waals surface area contributed by atoms with Gasteiger partial charge in [-0.15, -0.1) is 0 Å². The number of hydrogen-bond acceptors (Lipinski definition) is 6. The first kappa shape index (κ1) is 74.3. The molecule has 6 heteroatoms. The molecule has 1 unspecified atom stereocenters. The molecule has 0 spiro atoms. The lowest BCUT2D eigenvalue weighted by atomic mass is 10.0. The Morgan fingerprint density at radius 2 is 0.551 bits per heavy atom. The molecule has 448 valence electrons. The lowest BCUT2D eigenvalue weighted by Gasteiger charge is -2.18. The van der Waals surface area contributed by atoms with Gasteiger partial charge in [-0.05, 0) is 83.5 Å². The molecule has 0 aromatic rings. The highest BCUT2D eigenvalue weighted by molar-refractivity contribution is 5.72. The van der Waals surface area contributed by atoms with E-state index in [0.717, 1.165) is 96.3 Å². The quantitative estimate of drug-likeness (QED) is 0.0261. The van der Waals surface area contributed by atoms with Crippen molar-refractivity contribution in [2.75, 3.05) is 13.2 Å². The normalized spacial score (nSPS) is 12.7. The van der Waals surface area contributed by atoms with Gasteiger partial charge in [0.2, 0.25) is 0 Å². The first-order valence-corrected chi connectivity index (χ1v) is 33.2. The summed E-state index contributed by atoms with van der Waals surface area (Å²) in [6, 6.07) is 0. The average molecular weight is 1090 g/mol. The molecule has 0 aliphatic rings. The lowest BCUT2D eigenvalue weighted by Crippen LogP contribution is -2.30. The SMILES string of the molecule is CC/C=C\C/C=C\C/C=C\C/C=C\C/C=C\CC(=O)OCC(COC(=O)CCCCCCCCCCCCCCCCCCCCCCCCCCCC)OC(=O)CCCCCCCC/C=C\C/C=C\C/C=C\CCCCC. The van der Waals surface area contributed by atoms with Crippen LogP contribution < -0.4 is 0 Å². The maximum absolute atomic E-state index is 12.9. The fraction of sp³-hybridized carbons (Fsp3) is 0.736. The fourth-order valence-corrected chi connectivity index (χ4v) is 9.41. The van der Waals surface area contributed by atoms with Crippen molar-refractivity contribution >= 4 is 17.9 Å². The Labute approximate surface area is 483 Å². The Hall–Kier alpha value is -3.67. The van der Waals surface area contributed by atoms with Crippen LogP contribution in [0.2, 0.25) is 0 Å². The van der Waals surface area contributed by atoms with E-state index in [4.69, 9.17) is 14.2 Å². The van der Waals surface area contributed by atoms with Crippen LogP contribution in [0.1, 0.15) is 323 Å². The summed E-state index contributed by atoms with van der Waals surface area (Å²) >= 11 is 0. The zero-order chi connectivity index (χ0) is 56.4. The highest BCUT2D eigenvalue weighted by Crippen LogP contribution is 2.17. The maximum Gasteiger partial charge on any atom is 0.309 e. The summed E-state index contributed by atoms with van der Waals surface area (Å²) in [4.78, 5) is 38.3. The van der Waals surface area contributed by atoms with Crippen LogP contribution in [0.5, 0.6) is 0 Å². The van der Waals surface area contributed by atoms with E-state index < -0.39 is 12.1 Å². The highest BCUT2D eigenvalue weighted by Gasteiger charge is 2.19. The molecule has 0 amide bonds. The molecule has 78 heavy (non-hydrogen) atoms. The number of carbonyl (C=O) groups is 3. The van der Waals surface area contributed by atoms with Gasteiger partial charge in [-0.25, -0.2) is 0 Å². The van der Waals surface area contributed by atoms with Gasteiger partial charge in [0, 0.05) is 12.8 Å². The van der Waals surface area contributed by atoms with Crippen molar-refractivity contribution in [3.05, 3.63) is 97.2 Å². The number of rotatable bonds is 60. The highest BCUT2D eigenvalue weighted by atomic mass is 16.6. The van der Waals surface area contributed by atoms with Crippen molar-refractivity contribution in [3.63, 3.8) is 0 Å². The summed E-state index contributed by atoms with van der Waals surface area (Å²) in [5, 5.41) is 0. The largest absolute Gasteiger partial charge is 0.462 e. The van der Waals surface area contributed by atoms with Crippen LogP contribution >= 0.6 is 0 Å². The Kier molecular flexibility index (Phi) is 62.7. The molecule has 0 rings (SSSR count). The van der Waals surface area contributed by atoms with Crippen molar-refractivity contribution in [3.8, 4) is 0 Å². The predicted octanol–water partition coefficient (Wildman–Crippen LogP) is 22.8. The van der Waals surface area contributed by atoms with Crippen LogP contribution in [-0.2, 0) is 28.6 Å². The van der Waals surface area contributed by atoms with Gasteiger partial charge in [-0.2, -0.15) is 0 Å². The molecule has 0 aliphatic heterocycles. The monoisotopic (exact) mass is 1080 g/mol. The third-order valence-electron chi connectivity index (χ3n) is 14.4. The molecule has 0 radical (unpaired) electrons. The minimum absolute atomic E-state index is 0.111. The van der Waals surface area contributed by atoms with Crippen molar-refractivity contribution in [1.82, 2.24) is 0 Å². The van der Waals surface area contributed by atoms with E-state index in [0.29, 0.717) is 12.8 Å². The summed E-state index contributed by atoms with van der Waals surface area (Å²) in [7, 11) is 0. The van der Waals surface area contributed by atoms with Crippen LogP contribution in [0, 0.1) is 0 Å². The fourth-order valence-electron chi connectivity index (χ4n) is 9.41. The second-order valence-corrected chi connectivity index (χ2v) is 22.0. The molecule has 0 N–H and O–H groups in total. The molecule has 0 bridgehead atoms. The van der Waals surface area contributed by atoms with Crippen molar-refractivity contribution in [1.29, 1.82) is 0 Å². The molecule has 0 fully saturated rings. The number of hydrogen-bond donors (Lipinski definition) is 0. The van der Waals surface area contributed by atoms with E-state index in [9.17, 15) is 14.4 Å². The molecule has 0 saturated heterocycles. The zero-order valence-corrected chi connectivity index (χ0v) is 51.4. The lowest BCUT2D eigenvalue weighted by molar-refractivity contribution is -0.166. The topological polar surface area (TPSA) is 78.9 Å². The second-order valence-electron chi connectivity index (χ2n) is 22.0. The summed E-state index contributed by atoms with van der Waals surface area (Å²) in [6.07, 6.45) is 88.8. The Bertz CT molecular complexity index is 1530. The van der Waals surface area contributed by atoms with Crippen LogP contribution in [0.25, 0.3) is 0 Å². The Morgan fingerprint density at radius 3 is 0.923 bits per heavy atom. The summed E-state index contributed by atoms with van der Waals surface area (Å²) in [5.41, 5.74) is 0. The minimum Gasteiger partial charge on any atom is -0.462 e. The number of ether oxygens (including phenoxy) is 3. The standard InChI is InChI=1S/C72H124O6/c1-4-7-10-13-16-19-22-25-28-30-32-33-34-35-36-37-38-40-41-44-47-50-53-56-59-62-65-71(74)77-68-69(67-76-70(73)64-61-58-55-52-49-46-43-27-24-21-18-15-12-9-6-3)78-72(75)66-63-60-57-54-51-48-45-42-39-31-29-26-23-20-17-14-11-8-5-2/h9,12,17-18,20-21,26-27,29,39,42-43,49,52,58,61,69H,4-8,10-11,13-16,19,22-25,28,30-38,40-41,44-48,50-51,53-57,59-60,62-68H2,1-3H3/b12-9-,20-17-,21-18-,29-26-,42-39-,43-27-,52-49-,61-58-. The van der Waals surface area contributed by atoms with E-state index in [1.807, 2.05) is 6.08 Å². The van der Waals surface area contributed by atoms with Crippen LogP contribution in [0.4, 0.5) is 0 Å². The zero-order valence-electron chi connectivity index (χ0n) is 51.4. The summed E-state index contributed by atoms with van der Waals surface area (Å²) in [5.74, 6) is -1.05. The van der Waals surface area contributed by atoms with Gasteiger partial charge in [0.15, 0.2) is 6.10 Å². The predicted molar refractivity (Wildman–Crippen MR) is 339 cm³/mol. The van der Waals surface area contributed by atoms with Crippen LogP contribution in [0.15, 0.2) is 97.2 Å². The maximum atomic E-state index is 12.9. The van der Waals surface area contributed by atoms with Gasteiger partial charge in [0.25, 0.3) is 0 Å². The molecule has 1 atom stereocenters. The van der Waals surface area contributed by atoms with E-state index in [1.54, 1.807) is 6.08 Å². The number of carbonyl (C=O) groups excluding carboxylic acids is 3. The average Bonchev–Trinajstić information content (AvgIpc) is 3.44. The van der Waals surface area contributed by atoms with Crippen molar-refractivity contribution in [2.45, 2.75) is 329 Å². The molecule has 0 heterocycles. The molecular formula is C72H124O6. The van der Waals surface area contributed by atoms with Gasteiger partial charge < -0.3 is 14.2 Å². The smallest absolute Gasteiger partial charge is 0.309 e. The first-order valence-electron chi connectivity index (χ1n) is 33.2. The van der Waals surface area contributed by atoms with Gasteiger partial charge >= 0.3 is 17.9 Å². The van der Waals surface area contributed by atoms with Crippen LogP contribution in [0.3, 0.4) is 0 Å². The summed E-state index contributed by atoms with van der Waals surface area (Å²) in [6.45, 7) is 6.44. The Morgan fingerprint density at radius 1 is 0.282 bits per heavy atom. The third-order valence-corrected chi connectivity index (χ3v) is 14.4. The van der Waals surface area contributed by atoms with E-state index in [2.05, 4.69) is 106 Å². The van der Waals surface area contributed by atoms with Gasteiger partial charge in [-0.3, -0.25) is 14.4 Å². The van der Waals surface area contributed by atoms with Crippen LogP contribution in [-0.4, -0.2) is 37.2 Å². The number of allylic oxidation sites excluding steroid dienone is 15. The summed E-state index contributed by atoms with van der Waals surface area (Å²) < 4.78 is 16.8. The Balaban J connectivity index is 4.37. The van der Waals surface area contributed by atoms with Crippen molar-refractivity contribution < 1.29 is 28.6 Å². The van der Waals surface area contributed by atoms with Crippen molar-refractivity contribution in [2.24, 2.45) is 0 Å². The number of unbranched alkanes of at least 4 members (excludes halogenated alkanes) is 34. The van der Waals surface area contributed by atoms with Gasteiger partial charge in [0.05, 0.1) is 6.42 Å². The number of esters is 3. The van der Waals surface area contributed by atoms with E-state index >= 15 is 0 Å². The van der Waals surface area contributed by atoms with Gasteiger partial charge in [0.1, 0.15) is 13.2 Å². The minimum atomic E-state index is -0.826. The molecular weight excluding hydrogens is 961 g/mol. The first-order chi connectivity index (χ1) is 38.5. The molecule has 0 aromatic heterocycles. The molecule has 6 nitrogen and oxygen atoms in total. The molecule has 0 aromatic carbocycles. The molecule has 0 saturated carbocycles. The molecule has 0 aliphatic carbocycles.